The minimum Gasteiger partial charge on any atom is -0.497 e. The highest BCUT2D eigenvalue weighted by molar-refractivity contribution is 7.99. The van der Waals surface area contributed by atoms with Gasteiger partial charge in [-0.1, -0.05) is 42.1 Å². The molecule has 0 unspecified atom stereocenters. The number of aliphatic hydroxyl groups is 1. The first kappa shape index (κ1) is 21.4. The van der Waals surface area contributed by atoms with Crippen LogP contribution in [0.3, 0.4) is 0 Å². The van der Waals surface area contributed by atoms with Crippen LogP contribution in [0.4, 0.5) is 0 Å². The molecular formula is C22H28N4O2S. The van der Waals surface area contributed by atoms with E-state index >= 15 is 0 Å². The zero-order chi connectivity index (χ0) is 20.6. The van der Waals surface area contributed by atoms with Crippen molar-refractivity contribution < 1.29 is 9.84 Å². The monoisotopic (exact) mass is 412 g/mol. The van der Waals surface area contributed by atoms with E-state index in [-0.39, 0.29) is 6.04 Å². The van der Waals surface area contributed by atoms with Crippen molar-refractivity contribution in [3.63, 3.8) is 0 Å². The van der Waals surface area contributed by atoms with E-state index in [1.807, 2.05) is 54.6 Å². The van der Waals surface area contributed by atoms with Gasteiger partial charge in [-0.3, -0.25) is 4.57 Å². The maximum atomic E-state index is 10.2. The molecule has 2 N–H and O–H groups in total. The van der Waals surface area contributed by atoms with E-state index in [1.165, 1.54) is 0 Å². The summed E-state index contributed by atoms with van der Waals surface area (Å²) in [6.45, 7) is 5.57. The molecule has 0 saturated heterocycles. The standard InChI is InChI=1S/C22H28N4O2S/c1-16(2)26-21(18-9-11-19(28-3)12-10-18)24-25-22(26)29-14-13-23-15-20(27)17-7-5-4-6-8-17/h4-12,16,20,23,27H,13-15H2,1-3H3/t20-/m0/s1. The molecule has 1 aromatic heterocycles. The number of nitrogens with zero attached hydrogens (tertiary/aromatic N) is 3. The average molecular weight is 413 g/mol. The first-order valence-electron chi connectivity index (χ1n) is 9.76. The van der Waals surface area contributed by atoms with E-state index in [2.05, 4.69) is 33.9 Å². The Morgan fingerprint density at radius 1 is 1.07 bits per heavy atom. The second-order valence-electron chi connectivity index (χ2n) is 6.98. The Balaban J connectivity index is 1.56. The molecule has 0 saturated carbocycles. The molecule has 0 bridgehead atoms. The Morgan fingerprint density at radius 3 is 2.45 bits per heavy atom. The van der Waals surface area contributed by atoms with Gasteiger partial charge >= 0.3 is 0 Å². The van der Waals surface area contributed by atoms with E-state index in [9.17, 15) is 5.11 Å². The lowest BCUT2D eigenvalue weighted by molar-refractivity contribution is 0.176. The SMILES string of the molecule is COc1ccc(-c2nnc(SCCNC[C@H](O)c3ccccc3)n2C(C)C)cc1. The van der Waals surface area contributed by atoms with Gasteiger partial charge in [0, 0.05) is 30.4 Å². The van der Waals surface area contributed by atoms with Gasteiger partial charge in [0.15, 0.2) is 11.0 Å². The van der Waals surface area contributed by atoms with Crippen LogP contribution in [-0.2, 0) is 0 Å². The predicted octanol–water partition coefficient (Wildman–Crippen LogP) is 3.95. The Hall–Kier alpha value is -2.35. The van der Waals surface area contributed by atoms with Crippen molar-refractivity contribution in [2.24, 2.45) is 0 Å². The van der Waals surface area contributed by atoms with Crippen LogP contribution in [0, 0.1) is 0 Å². The molecule has 1 atom stereocenters. The van der Waals surface area contributed by atoms with E-state index in [0.29, 0.717) is 6.54 Å². The highest BCUT2D eigenvalue weighted by Crippen LogP contribution is 2.28. The molecule has 0 radical (unpaired) electrons. The molecule has 0 aliphatic carbocycles. The molecule has 3 aromatic rings. The van der Waals surface area contributed by atoms with E-state index < -0.39 is 6.10 Å². The molecular weight excluding hydrogens is 384 g/mol. The van der Waals surface area contributed by atoms with E-state index in [0.717, 1.165) is 40.2 Å². The lowest BCUT2D eigenvalue weighted by Gasteiger charge is -2.14. The van der Waals surface area contributed by atoms with Crippen LogP contribution >= 0.6 is 11.8 Å². The van der Waals surface area contributed by atoms with Crippen LogP contribution in [0.2, 0.25) is 0 Å². The zero-order valence-corrected chi connectivity index (χ0v) is 17.9. The first-order valence-corrected chi connectivity index (χ1v) is 10.7. The highest BCUT2D eigenvalue weighted by Gasteiger charge is 2.16. The number of benzene rings is 2. The molecule has 0 fully saturated rings. The third-order valence-corrected chi connectivity index (χ3v) is 5.51. The summed E-state index contributed by atoms with van der Waals surface area (Å²) in [7, 11) is 1.66. The molecule has 3 rings (SSSR count). The fraction of sp³-hybridized carbons (Fsp3) is 0.364. The molecule has 1 heterocycles. The average Bonchev–Trinajstić information content (AvgIpc) is 3.18. The number of thioether (sulfide) groups is 1. The Labute approximate surface area is 176 Å². The molecule has 0 aliphatic rings. The number of aliphatic hydroxyl groups excluding tert-OH is 1. The quantitative estimate of drug-likeness (QED) is 0.388. The summed E-state index contributed by atoms with van der Waals surface area (Å²) in [5.74, 6) is 2.52. The number of hydrogen-bond acceptors (Lipinski definition) is 6. The number of hydrogen-bond donors (Lipinski definition) is 2. The zero-order valence-electron chi connectivity index (χ0n) is 17.1. The lowest BCUT2D eigenvalue weighted by Crippen LogP contribution is -2.23. The maximum absolute atomic E-state index is 10.2. The number of ether oxygens (including phenoxy) is 1. The molecule has 29 heavy (non-hydrogen) atoms. The van der Waals surface area contributed by atoms with Crippen molar-refractivity contribution in [1.29, 1.82) is 0 Å². The minimum absolute atomic E-state index is 0.248. The van der Waals surface area contributed by atoms with Crippen LogP contribution in [-0.4, -0.2) is 45.8 Å². The van der Waals surface area contributed by atoms with E-state index in [1.54, 1.807) is 18.9 Å². The lowest BCUT2D eigenvalue weighted by atomic mass is 10.1. The van der Waals surface area contributed by atoms with Crippen molar-refractivity contribution >= 4 is 11.8 Å². The Morgan fingerprint density at radius 2 is 1.79 bits per heavy atom. The fourth-order valence-corrected chi connectivity index (χ4v) is 3.99. The van der Waals surface area contributed by atoms with Gasteiger partial charge in [0.2, 0.25) is 0 Å². The Bertz CT molecular complexity index is 882. The molecule has 154 valence electrons. The third-order valence-electron chi connectivity index (χ3n) is 4.56. The maximum Gasteiger partial charge on any atom is 0.191 e. The minimum atomic E-state index is -0.498. The molecule has 0 spiro atoms. The third kappa shape index (κ3) is 5.59. The van der Waals surface area contributed by atoms with Crippen molar-refractivity contribution in [3.05, 3.63) is 60.2 Å². The van der Waals surface area contributed by atoms with Gasteiger partial charge < -0.3 is 15.2 Å². The molecule has 2 aromatic carbocycles. The molecule has 6 nitrogen and oxygen atoms in total. The summed E-state index contributed by atoms with van der Waals surface area (Å²) in [6.07, 6.45) is -0.498. The molecule has 0 amide bonds. The van der Waals surface area contributed by atoms with Gasteiger partial charge in [0.1, 0.15) is 5.75 Å². The second kappa shape index (κ2) is 10.4. The number of rotatable bonds is 10. The van der Waals surface area contributed by atoms with Crippen LogP contribution in [0.5, 0.6) is 5.75 Å². The molecule has 7 heteroatoms. The van der Waals surface area contributed by atoms with Crippen molar-refractivity contribution in [2.45, 2.75) is 31.1 Å². The van der Waals surface area contributed by atoms with Gasteiger partial charge in [0.05, 0.1) is 13.2 Å². The smallest absolute Gasteiger partial charge is 0.191 e. The number of aromatic nitrogens is 3. The largest absolute Gasteiger partial charge is 0.497 e. The van der Waals surface area contributed by atoms with Gasteiger partial charge in [-0.05, 0) is 43.7 Å². The Kier molecular flexibility index (Phi) is 7.69. The first-order chi connectivity index (χ1) is 14.1. The van der Waals surface area contributed by atoms with Crippen molar-refractivity contribution in [3.8, 4) is 17.1 Å². The van der Waals surface area contributed by atoms with Crippen molar-refractivity contribution in [2.75, 3.05) is 26.0 Å². The number of methoxy groups -OCH3 is 1. The van der Waals surface area contributed by atoms with Gasteiger partial charge in [-0.15, -0.1) is 10.2 Å². The fourth-order valence-electron chi connectivity index (χ4n) is 3.02. The van der Waals surface area contributed by atoms with Gasteiger partial charge in [-0.2, -0.15) is 0 Å². The van der Waals surface area contributed by atoms with Gasteiger partial charge in [-0.25, -0.2) is 0 Å². The summed E-state index contributed by atoms with van der Waals surface area (Å²) in [5, 5.41) is 23.3. The summed E-state index contributed by atoms with van der Waals surface area (Å²) in [6, 6.07) is 17.8. The topological polar surface area (TPSA) is 72.2 Å². The summed E-state index contributed by atoms with van der Waals surface area (Å²) < 4.78 is 7.40. The van der Waals surface area contributed by atoms with Crippen molar-refractivity contribution in [1.82, 2.24) is 20.1 Å². The second-order valence-corrected chi connectivity index (χ2v) is 8.04. The van der Waals surface area contributed by atoms with Crippen LogP contribution in [0.25, 0.3) is 11.4 Å². The molecule has 0 aliphatic heterocycles. The summed E-state index contributed by atoms with van der Waals surface area (Å²) in [4.78, 5) is 0. The predicted molar refractivity (Wildman–Crippen MR) is 117 cm³/mol. The normalized spacial score (nSPS) is 12.3. The van der Waals surface area contributed by atoms with E-state index in [4.69, 9.17) is 4.74 Å². The summed E-state index contributed by atoms with van der Waals surface area (Å²) in [5.41, 5.74) is 1.94. The van der Waals surface area contributed by atoms with Crippen LogP contribution in [0.15, 0.2) is 59.8 Å². The highest BCUT2D eigenvalue weighted by atomic mass is 32.2. The van der Waals surface area contributed by atoms with Crippen LogP contribution < -0.4 is 10.1 Å². The van der Waals surface area contributed by atoms with Crippen LogP contribution in [0.1, 0.15) is 31.6 Å². The van der Waals surface area contributed by atoms with Gasteiger partial charge in [0.25, 0.3) is 0 Å². The summed E-state index contributed by atoms with van der Waals surface area (Å²) >= 11 is 1.67. The number of nitrogens with one attached hydrogen (secondary N) is 1.